The lowest BCUT2D eigenvalue weighted by molar-refractivity contribution is -0.00639. The number of nitrogens with two attached hydrogens (primary N) is 1. The van der Waals surface area contributed by atoms with Gasteiger partial charge in [-0.2, -0.15) is 0 Å². The molecule has 0 spiro atoms. The molecule has 0 bridgehead atoms. The Morgan fingerprint density at radius 3 is 2.00 bits per heavy atom. The molecule has 0 saturated carbocycles. The zero-order valence-corrected chi connectivity index (χ0v) is 13.0. The van der Waals surface area contributed by atoms with Gasteiger partial charge in [0.2, 0.25) is 0 Å². The van der Waals surface area contributed by atoms with Crippen LogP contribution >= 0.6 is 0 Å². The summed E-state index contributed by atoms with van der Waals surface area (Å²) in [6, 6.07) is 0.303. The second-order valence-corrected chi connectivity index (χ2v) is 6.15. The maximum Gasteiger partial charge on any atom is 0.0634 e. The summed E-state index contributed by atoms with van der Waals surface area (Å²) >= 11 is 0. The van der Waals surface area contributed by atoms with Crippen LogP contribution in [-0.4, -0.2) is 37.5 Å². The van der Waals surface area contributed by atoms with E-state index in [0.717, 1.165) is 19.4 Å². The Morgan fingerprint density at radius 1 is 1.00 bits per heavy atom. The molecule has 2 aliphatic rings. The molecule has 2 fully saturated rings. The lowest BCUT2D eigenvalue weighted by Gasteiger charge is -2.29. The highest BCUT2D eigenvalue weighted by Gasteiger charge is 2.24. The Morgan fingerprint density at radius 2 is 1.55 bits per heavy atom. The molecule has 0 aromatic heterocycles. The van der Waals surface area contributed by atoms with E-state index in [2.05, 4.69) is 30.8 Å². The predicted octanol–water partition coefficient (Wildman–Crippen LogP) is 2.87. The van der Waals surface area contributed by atoms with Gasteiger partial charge in [0.15, 0.2) is 0 Å². The Kier molecular flexibility index (Phi) is 7.30. The minimum Gasteiger partial charge on any atom is -0.378 e. The highest BCUT2D eigenvalue weighted by molar-refractivity contribution is 4.79. The van der Waals surface area contributed by atoms with E-state index in [9.17, 15) is 0 Å². The second-order valence-electron chi connectivity index (χ2n) is 6.15. The molecule has 6 heteroatoms. The van der Waals surface area contributed by atoms with Crippen molar-refractivity contribution < 1.29 is 9.47 Å². The third-order valence-corrected chi connectivity index (χ3v) is 4.12. The third kappa shape index (κ3) is 5.67. The summed E-state index contributed by atoms with van der Waals surface area (Å²) in [5.74, 6) is 1.09. The molecular formula is C14H28N4O2. The molecule has 0 amide bonds. The van der Waals surface area contributed by atoms with Crippen molar-refractivity contribution in [1.82, 2.24) is 0 Å². The molecule has 2 aliphatic heterocycles. The van der Waals surface area contributed by atoms with Crippen molar-refractivity contribution in [3.05, 3.63) is 10.4 Å². The first-order chi connectivity index (χ1) is 9.43. The fraction of sp³-hybridized carbons (Fsp3) is 1.00. The summed E-state index contributed by atoms with van der Waals surface area (Å²) in [5, 5.41) is 3.65. The molecule has 20 heavy (non-hydrogen) atoms. The lowest BCUT2D eigenvalue weighted by Crippen LogP contribution is -2.40. The molecular weight excluding hydrogens is 256 g/mol. The Bertz CT molecular complexity index is 333. The van der Waals surface area contributed by atoms with Crippen LogP contribution in [0.2, 0.25) is 0 Å². The van der Waals surface area contributed by atoms with Crippen LogP contribution < -0.4 is 5.73 Å². The fourth-order valence-corrected chi connectivity index (χ4v) is 2.60. The van der Waals surface area contributed by atoms with Gasteiger partial charge in [-0.05, 0) is 44.1 Å². The number of ether oxygens (including phenoxy) is 2. The molecule has 0 aliphatic carbocycles. The highest BCUT2D eigenvalue weighted by Crippen LogP contribution is 2.22. The first-order valence-corrected chi connectivity index (χ1v) is 7.47. The Labute approximate surface area is 121 Å². The lowest BCUT2D eigenvalue weighted by atomic mass is 9.94. The summed E-state index contributed by atoms with van der Waals surface area (Å²) in [7, 11) is 0. The van der Waals surface area contributed by atoms with Crippen LogP contribution in [0.4, 0.5) is 0 Å². The summed E-state index contributed by atoms with van der Waals surface area (Å²) in [6.07, 6.45) is 2.83. The monoisotopic (exact) mass is 284 g/mol. The smallest absolute Gasteiger partial charge is 0.0634 e. The van der Waals surface area contributed by atoms with Crippen LogP contribution in [0.1, 0.15) is 40.5 Å². The normalized spacial score (nSPS) is 41.0. The van der Waals surface area contributed by atoms with Crippen molar-refractivity contribution in [2.45, 2.75) is 64.8 Å². The van der Waals surface area contributed by atoms with Gasteiger partial charge in [-0.25, -0.2) is 0 Å². The molecule has 2 N–H and O–H groups in total. The van der Waals surface area contributed by atoms with Crippen LogP contribution in [0.15, 0.2) is 5.11 Å². The first kappa shape index (κ1) is 17.2. The van der Waals surface area contributed by atoms with Crippen LogP contribution in [0.3, 0.4) is 0 Å². The van der Waals surface area contributed by atoms with Crippen LogP contribution in [0, 0.1) is 11.8 Å². The minimum absolute atomic E-state index is 0.0381. The zero-order chi connectivity index (χ0) is 15.1. The molecule has 0 radical (unpaired) electrons. The van der Waals surface area contributed by atoms with Gasteiger partial charge in [0.05, 0.1) is 31.5 Å². The largest absolute Gasteiger partial charge is 0.378 e. The average Bonchev–Trinajstić information content (AvgIpc) is 2.39. The van der Waals surface area contributed by atoms with Crippen molar-refractivity contribution >= 4 is 0 Å². The molecule has 0 aromatic rings. The van der Waals surface area contributed by atoms with Crippen LogP contribution in [-0.2, 0) is 9.47 Å². The third-order valence-electron chi connectivity index (χ3n) is 4.12. The van der Waals surface area contributed by atoms with Gasteiger partial charge in [0, 0.05) is 11.0 Å². The molecule has 2 heterocycles. The summed E-state index contributed by atoms with van der Waals surface area (Å²) in [6.45, 7) is 9.74. The van der Waals surface area contributed by atoms with Gasteiger partial charge in [-0.1, -0.05) is 19.0 Å². The summed E-state index contributed by atoms with van der Waals surface area (Å²) in [5.41, 5.74) is 13.9. The van der Waals surface area contributed by atoms with Crippen molar-refractivity contribution in [1.29, 1.82) is 0 Å². The van der Waals surface area contributed by atoms with Crippen LogP contribution in [0.5, 0.6) is 0 Å². The van der Waals surface area contributed by atoms with Crippen molar-refractivity contribution in [2.24, 2.45) is 22.7 Å². The first-order valence-electron chi connectivity index (χ1n) is 7.47. The van der Waals surface area contributed by atoms with E-state index in [1.54, 1.807) is 0 Å². The molecule has 6 nitrogen and oxygen atoms in total. The van der Waals surface area contributed by atoms with Gasteiger partial charge in [-0.15, -0.1) is 0 Å². The number of azide groups is 1. The topological polar surface area (TPSA) is 93.2 Å². The minimum atomic E-state index is 0.0381. The maximum absolute atomic E-state index is 8.20. The van der Waals surface area contributed by atoms with Gasteiger partial charge in [-0.3, -0.25) is 0 Å². The zero-order valence-electron chi connectivity index (χ0n) is 13.0. The maximum atomic E-state index is 8.20. The molecule has 116 valence electrons. The number of hydrogen-bond acceptors (Lipinski definition) is 4. The standard InChI is InChI=1S/C7H13N3O.C7H15NO/c1-5-3-6(2)11-4-7(5)9-10-8;1-5-3-6(2)9-4-7(5)8/h5-7H,3-4H2,1-2H3;5-7H,3-4,8H2,1-2H3/t2*5-,6-,7+/m00/s1. The van der Waals surface area contributed by atoms with Gasteiger partial charge in [0.25, 0.3) is 0 Å². The summed E-state index contributed by atoms with van der Waals surface area (Å²) in [4.78, 5) is 2.78. The number of hydrogen-bond donors (Lipinski definition) is 1. The van der Waals surface area contributed by atoms with E-state index in [0.29, 0.717) is 30.7 Å². The average molecular weight is 284 g/mol. The van der Waals surface area contributed by atoms with Crippen LogP contribution in [0.25, 0.3) is 10.4 Å². The fourth-order valence-electron chi connectivity index (χ4n) is 2.60. The van der Waals surface area contributed by atoms with E-state index in [-0.39, 0.29) is 12.1 Å². The van der Waals surface area contributed by atoms with E-state index in [1.165, 1.54) is 0 Å². The van der Waals surface area contributed by atoms with Crippen molar-refractivity contribution in [2.75, 3.05) is 13.2 Å². The SMILES string of the molecule is C[C@H]1C[C@H](C)[C@H](N)CO1.C[C@H]1C[C@H](C)[C@H](N=[N+]=[N-])CO1. The number of rotatable bonds is 1. The van der Waals surface area contributed by atoms with Gasteiger partial charge >= 0.3 is 0 Å². The van der Waals surface area contributed by atoms with Gasteiger partial charge in [0.1, 0.15) is 0 Å². The van der Waals surface area contributed by atoms with E-state index in [4.69, 9.17) is 20.7 Å². The molecule has 6 atom stereocenters. The second kappa shape index (κ2) is 8.47. The van der Waals surface area contributed by atoms with E-state index >= 15 is 0 Å². The van der Waals surface area contributed by atoms with Gasteiger partial charge < -0.3 is 15.2 Å². The molecule has 2 rings (SSSR count). The predicted molar refractivity (Wildman–Crippen MR) is 79.3 cm³/mol. The van der Waals surface area contributed by atoms with Crippen molar-refractivity contribution in [3.63, 3.8) is 0 Å². The number of nitrogens with zero attached hydrogens (tertiary/aromatic N) is 3. The molecule has 0 unspecified atom stereocenters. The Balaban J connectivity index is 0.000000204. The van der Waals surface area contributed by atoms with E-state index < -0.39 is 0 Å². The Hall–Kier alpha value is -0.810. The highest BCUT2D eigenvalue weighted by atomic mass is 16.5. The van der Waals surface area contributed by atoms with E-state index in [1.807, 2.05) is 6.92 Å². The quantitative estimate of drug-likeness (QED) is 0.456. The molecule has 0 aromatic carbocycles. The molecule has 2 saturated heterocycles. The summed E-state index contributed by atoms with van der Waals surface area (Å²) < 4.78 is 10.7. The van der Waals surface area contributed by atoms with Crippen molar-refractivity contribution in [3.8, 4) is 0 Å².